The Morgan fingerprint density at radius 1 is 1.06 bits per heavy atom. The lowest BCUT2D eigenvalue weighted by molar-refractivity contribution is 0.251. The molecule has 0 saturated carbocycles. The fourth-order valence-electron chi connectivity index (χ4n) is 5.18. The third-order valence-corrected chi connectivity index (χ3v) is 6.78. The van der Waals surface area contributed by atoms with E-state index in [-0.39, 0.29) is 5.82 Å². The van der Waals surface area contributed by atoms with Gasteiger partial charge in [-0.15, -0.1) is 0 Å². The van der Waals surface area contributed by atoms with E-state index in [4.69, 9.17) is 9.84 Å². The van der Waals surface area contributed by atoms with Crippen LogP contribution >= 0.6 is 0 Å². The Labute approximate surface area is 183 Å². The zero-order chi connectivity index (χ0) is 21.4. The van der Waals surface area contributed by atoms with Crippen LogP contribution in [0.25, 0.3) is 16.9 Å². The van der Waals surface area contributed by atoms with E-state index in [1.54, 1.807) is 19.2 Å². The van der Waals surface area contributed by atoms with Gasteiger partial charge in [-0.3, -0.25) is 4.90 Å². The first kappa shape index (κ1) is 20.2. The third-order valence-electron chi connectivity index (χ3n) is 6.78. The molecule has 1 aromatic heterocycles. The summed E-state index contributed by atoms with van der Waals surface area (Å²) in [6.07, 6.45) is 4.56. The smallest absolute Gasteiger partial charge is 0.136 e. The van der Waals surface area contributed by atoms with Crippen LogP contribution in [-0.2, 0) is 6.54 Å². The van der Waals surface area contributed by atoms with E-state index in [0.29, 0.717) is 22.4 Å². The topological polar surface area (TPSA) is 33.5 Å². The molecule has 1 spiro atoms. The van der Waals surface area contributed by atoms with Crippen molar-refractivity contribution in [2.75, 3.05) is 40.3 Å². The molecule has 5 rings (SSSR count). The molecular weight excluding hydrogens is 391 g/mol. The standard InChI is InChI=1S/C25H29FN4O/c1-28-12-10-25(17-28)11-13-29(18-25)15-19-16-30(20-6-4-3-5-7-20)27-24(19)22-9-8-21(31-2)14-23(22)26/h3-9,14,16H,10-13,15,17-18H2,1-2H3/t25-/m1/s1. The molecule has 2 aliphatic heterocycles. The number of likely N-dealkylation sites (tertiary alicyclic amines) is 2. The van der Waals surface area contributed by atoms with Crippen LogP contribution in [0, 0.1) is 11.2 Å². The molecule has 1 atom stereocenters. The molecule has 0 bridgehead atoms. The molecular formula is C25H29FN4O. The Morgan fingerprint density at radius 2 is 1.87 bits per heavy atom. The van der Waals surface area contributed by atoms with E-state index in [1.165, 1.54) is 32.0 Å². The Bertz CT molecular complexity index is 1070. The van der Waals surface area contributed by atoms with Crippen LogP contribution in [0.1, 0.15) is 18.4 Å². The molecule has 2 saturated heterocycles. The number of ether oxygens (including phenoxy) is 1. The molecule has 162 valence electrons. The van der Waals surface area contributed by atoms with Gasteiger partial charge in [-0.05, 0) is 62.7 Å². The monoisotopic (exact) mass is 420 g/mol. The Balaban J connectivity index is 1.48. The first-order valence-corrected chi connectivity index (χ1v) is 10.9. The number of para-hydroxylation sites is 1. The second-order valence-corrected chi connectivity index (χ2v) is 9.08. The number of benzene rings is 2. The van der Waals surface area contributed by atoms with Crippen molar-refractivity contribution in [1.29, 1.82) is 0 Å². The maximum atomic E-state index is 15.0. The van der Waals surface area contributed by atoms with Gasteiger partial charge in [0.1, 0.15) is 17.3 Å². The Hall–Kier alpha value is -2.70. The summed E-state index contributed by atoms with van der Waals surface area (Å²) < 4.78 is 22.0. The summed E-state index contributed by atoms with van der Waals surface area (Å²) in [5, 5.41) is 4.81. The van der Waals surface area contributed by atoms with Gasteiger partial charge in [0.05, 0.1) is 12.8 Å². The van der Waals surface area contributed by atoms with Crippen LogP contribution in [0.3, 0.4) is 0 Å². The molecule has 3 aromatic rings. The predicted octanol–water partition coefficient (Wildman–Crippen LogP) is 4.21. The zero-order valence-corrected chi connectivity index (χ0v) is 18.2. The summed E-state index contributed by atoms with van der Waals surface area (Å²) >= 11 is 0. The summed E-state index contributed by atoms with van der Waals surface area (Å²) in [6, 6.07) is 15.0. The zero-order valence-electron chi connectivity index (χ0n) is 18.2. The molecule has 6 heteroatoms. The summed E-state index contributed by atoms with van der Waals surface area (Å²) in [7, 11) is 3.76. The number of halogens is 1. The summed E-state index contributed by atoms with van der Waals surface area (Å²) in [5.74, 6) is 0.200. The van der Waals surface area contributed by atoms with Crippen molar-refractivity contribution in [3.63, 3.8) is 0 Å². The van der Waals surface area contributed by atoms with Gasteiger partial charge in [0.15, 0.2) is 0 Å². The summed E-state index contributed by atoms with van der Waals surface area (Å²) in [4.78, 5) is 4.95. The van der Waals surface area contributed by atoms with Gasteiger partial charge in [0.2, 0.25) is 0 Å². The number of hydrogen-bond acceptors (Lipinski definition) is 4. The fraction of sp³-hybridized carbons (Fsp3) is 0.400. The van der Waals surface area contributed by atoms with Crippen LogP contribution in [0.4, 0.5) is 4.39 Å². The van der Waals surface area contributed by atoms with Crippen molar-refractivity contribution in [2.45, 2.75) is 19.4 Å². The molecule has 0 aliphatic carbocycles. The second kappa shape index (κ2) is 8.09. The average molecular weight is 421 g/mol. The van der Waals surface area contributed by atoms with Crippen LogP contribution in [0.15, 0.2) is 54.7 Å². The van der Waals surface area contributed by atoms with E-state index in [1.807, 2.05) is 35.0 Å². The van der Waals surface area contributed by atoms with E-state index in [2.05, 4.69) is 23.0 Å². The molecule has 2 fully saturated rings. The quantitative estimate of drug-likeness (QED) is 0.619. The first-order valence-electron chi connectivity index (χ1n) is 10.9. The first-order chi connectivity index (χ1) is 15.0. The minimum absolute atomic E-state index is 0.311. The van der Waals surface area contributed by atoms with Gasteiger partial charge in [-0.1, -0.05) is 18.2 Å². The van der Waals surface area contributed by atoms with Crippen LogP contribution in [-0.4, -0.2) is 59.9 Å². The second-order valence-electron chi connectivity index (χ2n) is 9.08. The highest BCUT2D eigenvalue weighted by molar-refractivity contribution is 5.65. The minimum Gasteiger partial charge on any atom is -0.497 e. The van der Waals surface area contributed by atoms with Crippen molar-refractivity contribution >= 4 is 0 Å². The maximum absolute atomic E-state index is 15.0. The van der Waals surface area contributed by atoms with E-state index >= 15 is 0 Å². The highest BCUT2D eigenvalue weighted by Gasteiger charge is 2.42. The largest absolute Gasteiger partial charge is 0.497 e. The van der Waals surface area contributed by atoms with Crippen molar-refractivity contribution < 1.29 is 9.13 Å². The van der Waals surface area contributed by atoms with Crippen molar-refractivity contribution in [1.82, 2.24) is 19.6 Å². The lowest BCUT2D eigenvalue weighted by Gasteiger charge is -2.23. The molecule has 2 aliphatic rings. The minimum atomic E-state index is -0.311. The van der Waals surface area contributed by atoms with Gasteiger partial charge in [0.25, 0.3) is 0 Å². The van der Waals surface area contributed by atoms with E-state index in [0.717, 1.165) is 30.9 Å². The molecule has 0 N–H and O–H groups in total. The van der Waals surface area contributed by atoms with Gasteiger partial charge >= 0.3 is 0 Å². The van der Waals surface area contributed by atoms with Gasteiger partial charge in [-0.25, -0.2) is 9.07 Å². The molecule has 0 radical (unpaired) electrons. The number of aromatic nitrogens is 2. The molecule has 0 unspecified atom stereocenters. The van der Waals surface area contributed by atoms with Crippen LogP contribution in [0.5, 0.6) is 5.75 Å². The third kappa shape index (κ3) is 3.98. The lowest BCUT2D eigenvalue weighted by Crippen LogP contribution is -2.29. The van der Waals surface area contributed by atoms with Gasteiger partial charge in [-0.2, -0.15) is 5.10 Å². The predicted molar refractivity (Wildman–Crippen MR) is 120 cm³/mol. The molecule has 3 heterocycles. The summed E-state index contributed by atoms with van der Waals surface area (Å²) in [5.41, 5.74) is 3.65. The normalized spacial score (nSPS) is 21.9. The van der Waals surface area contributed by atoms with Crippen molar-refractivity contribution in [2.24, 2.45) is 5.41 Å². The van der Waals surface area contributed by atoms with Crippen LogP contribution < -0.4 is 4.74 Å². The molecule has 5 nitrogen and oxygen atoms in total. The van der Waals surface area contributed by atoms with Crippen molar-refractivity contribution in [3.05, 3.63) is 66.1 Å². The lowest BCUT2D eigenvalue weighted by atomic mass is 9.86. The number of nitrogens with zero attached hydrogens (tertiary/aromatic N) is 4. The highest BCUT2D eigenvalue weighted by atomic mass is 19.1. The maximum Gasteiger partial charge on any atom is 0.136 e. The Kier molecular flexibility index (Phi) is 5.28. The van der Waals surface area contributed by atoms with Crippen LogP contribution in [0.2, 0.25) is 0 Å². The van der Waals surface area contributed by atoms with Crippen molar-refractivity contribution in [3.8, 4) is 22.7 Å². The van der Waals surface area contributed by atoms with E-state index < -0.39 is 0 Å². The molecule has 2 aromatic carbocycles. The highest BCUT2D eigenvalue weighted by Crippen LogP contribution is 2.40. The van der Waals surface area contributed by atoms with E-state index in [9.17, 15) is 4.39 Å². The fourth-order valence-corrected chi connectivity index (χ4v) is 5.18. The number of rotatable bonds is 5. The average Bonchev–Trinajstić information content (AvgIpc) is 3.48. The Morgan fingerprint density at radius 3 is 2.58 bits per heavy atom. The van der Waals surface area contributed by atoms with Gasteiger partial charge < -0.3 is 9.64 Å². The summed E-state index contributed by atoms with van der Waals surface area (Å²) in [6.45, 7) is 5.31. The van der Waals surface area contributed by atoms with Gasteiger partial charge in [0, 0.05) is 43.0 Å². The number of hydrogen-bond donors (Lipinski definition) is 0. The molecule has 31 heavy (non-hydrogen) atoms. The SMILES string of the molecule is COc1ccc(-c2nn(-c3ccccc3)cc2CN2CC[C@@]3(CCN(C)C3)C2)c(F)c1. The number of methoxy groups -OCH3 is 1. The molecule has 0 amide bonds.